The summed E-state index contributed by atoms with van der Waals surface area (Å²) < 4.78 is 17.9. The second-order valence-corrected chi connectivity index (χ2v) is 6.86. The van der Waals surface area contributed by atoms with Crippen LogP contribution in [0, 0.1) is 0 Å². The van der Waals surface area contributed by atoms with Crippen molar-refractivity contribution in [2.75, 3.05) is 31.9 Å². The molecular formula is C19H24N4O4. The highest BCUT2D eigenvalue weighted by atomic mass is 16.7. The molecule has 8 heteroatoms. The Hall–Kier alpha value is -2.74. The lowest BCUT2D eigenvalue weighted by molar-refractivity contribution is 0.171. The summed E-state index contributed by atoms with van der Waals surface area (Å²) in [7, 11) is 3.38. The maximum Gasteiger partial charge on any atom is 0.293 e. The molecule has 27 heavy (non-hydrogen) atoms. The Morgan fingerprint density at radius 3 is 3.11 bits per heavy atom. The molecular weight excluding hydrogens is 348 g/mol. The lowest BCUT2D eigenvalue weighted by atomic mass is 10.0. The van der Waals surface area contributed by atoms with E-state index < -0.39 is 0 Å². The number of nitrogens with zero attached hydrogens (tertiary/aromatic N) is 3. The molecule has 2 aliphatic rings. The Morgan fingerprint density at radius 1 is 1.37 bits per heavy atom. The van der Waals surface area contributed by atoms with E-state index in [1.165, 1.54) is 0 Å². The molecule has 1 N–H and O–H groups in total. The molecule has 1 atom stereocenters. The molecule has 2 aromatic rings. The van der Waals surface area contributed by atoms with Crippen LogP contribution in [-0.4, -0.2) is 42.6 Å². The Labute approximate surface area is 157 Å². The van der Waals surface area contributed by atoms with Crippen molar-refractivity contribution in [3.8, 4) is 17.2 Å². The van der Waals surface area contributed by atoms with Gasteiger partial charge in [-0.2, -0.15) is 0 Å². The number of hydrogen-bond acceptors (Lipinski definition) is 7. The summed E-state index contributed by atoms with van der Waals surface area (Å²) in [4.78, 5) is 18.7. The Balaban J connectivity index is 1.43. The van der Waals surface area contributed by atoms with Crippen LogP contribution in [0.2, 0.25) is 0 Å². The summed E-state index contributed by atoms with van der Waals surface area (Å²) in [5, 5.41) is 3.58. The molecule has 1 aromatic heterocycles. The van der Waals surface area contributed by atoms with Gasteiger partial charge in [0.1, 0.15) is 0 Å². The molecule has 4 rings (SSSR count). The smallest absolute Gasteiger partial charge is 0.293 e. The number of aromatic nitrogens is 2. The lowest BCUT2D eigenvalue weighted by Crippen LogP contribution is -2.47. The summed E-state index contributed by atoms with van der Waals surface area (Å²) in [5.74, 6) is 2.59. The Morgan fingerprint density at radius 2 is 2.26 bits per heavy atom. The fraction of sp³-hybridized carbons (Fsp3) is 0.474. The molecule has 0 bridgehead atoms. The number of fused-ring (bicyclic) bond motifs is 1. The average Bonchev–Trinajstić information content (AvgIpc) is 3.17. The Bertz CT molecular complexity index is 882. The number of ether oxygens (including phenoxy) is 3. The van der Waals surface area contributed by atoms with Crippen molar-refractivity contribution in [3.63, 3.8) is 0 Å². The van der Waals surface area contributed by atoms with Crippen LogP contribution in [0.15, 0.2) is 29.3 Å². The van der Waals surface area contributed by atoms with Crippen molar-refractivity contribution in [1.82, 2.24) is 14.9 Å². The molecule has 1 saturated heterocycles. The molecule has 0 amide bonds. The molecule has 1 fully saturated rings. The zero-order chi connectivity index (χ0) is 18.8. The first-order valence-electron chi connectivity index (χ1n) is 9.12. The van der Waals surface area contributed by atoms with Crippen molar-refractivity contribution in [2.45, 2.75) is 25.4 Å². The van der Waals surface area contributed by atoms with Crippen LogP contribution >= 0.6 is 0 Å². The second-order valence-electron chi connectivity index (χ2n) is 6.86. The van der Waals surface area contributed by atoms with Gasteiger partial charge in [-0.1, -0.05) is 0 Å². The van der Waals surface area contributed by atoms with Crippen molar-refractivity contribution in [1.29, 1.82) is 0 Å². The number of piperidine rings is 1. The summed E-state index contributed by atoms with van der Waals surface area (Å²) in [5.41, 5.74) is 1.01. The van der Waals surface area contributed by atoms with Crippen LogP contribution in [0.4, 0.5) is 5.82 Å². The third-order valence-corrected chi connectivity index (χ3v) is 5.03. The third-order valence-electron chi connectivity index (χ3n) is 5.03. The van der Waals surface area contributed by atoms with E-state index in [2.05, 4.69) is 15.2 Å². The van der Waals surface area contributed by atoms with E-state index >= 15 is 0 Å². The van der Waals surface area contributed by atoms with Crippen molar-refractivity contribution < 1.29 is 14.2 Å². The van der Waals surface area contributed by atoms with E-state index in [1.807, 2.05) is 12.1 Å². The molecule has 0 saturated carbocycles. The number of aryl methyl sites for hydroxylation is 1. The molecule has 2 aliphatic heterocycles. The summed E-state index contributed by atoms with van der Waals surface area (Å²) >= 11 is 0. The maximum atomic E-state index is 12.3. The van der Waals surface area contributed by atoms with Gasteiger partial charge in [0.05, 0.1) is 7.11 Å². The van der Waals surface area contributed by atoms with Gasteiger partial charge in [0.25, 0.3) is 5.56 Å². The predicted molar refractivity (Wildman–Crippen MR) is 101 cm³/mol. The topological polar surface area (TPSA) is 77.9 Å². The quantitative estimate of drug-likeness (QED) is 0.847. The summed E-state index contributed by atoms with van der Waals surface area (Å²) in [6.07, 6.45) is 5.43. The van der Waals surface area contributed by atoms with Gasteiger partial charge in [-0.15, -0.1) is 0 Å². The summed E-state index contributed by atoms with van der Waals surface area (Å²) in [6, 6.07) is 4.23. The molecule has 0 unspecified atom stereocenters. The lowest BCUT2D eigenvalue weighted by Gasteiger charge is -2.33. The van der Waals surface area contributed by atoms with E-state index in [9.17, 15) is 4.79 Å². The van der Waals surface area contributed by atoms with E-state index in [1.54, 1.807) is 31.1 Å². The van der Waals surface area contributed by atoms with Gasteiger partial charge in [-0.25, -0.2) is 4.98 Å². The van der Waals surface area contributed by atoms with Gasteiger partial charge in [-0.05, 0) is 30.5 Å². The maximum absolute atomic E-state index is 12.3. The zero-order valence-corrected chi connectivity index (χ0v) is 15.6. The monoisotopic (exact) mass is 372 g/mol. The average molecular weight is 372 g/mol. The highest BCUT2D eigenvalue weighted by Gasteiger charge is 2.24. The predicted octanol–water partition coefficient (Wildman–Crippen LogP) is 1.28. The minimum atomic E-state index is -0.0568. The number of anilines is 1. The SMILES string of the molecule is COc1cc(CN[C@H]2CCCN(c3nccn(C)c3=O)C2)cc2c1OCO2. The first-order chi connectivity index (χ1) is 13.2. The van der Waals surface area contributed by atoms with E-state index in [0.717, 1.165) is 31.5 Å². The van der Waals surface area contributed by atoms with Crippen LogP contribution in [0.1, 0.15) is 18.4 Å². The first kappa shape index (κ1) is 17.7. The van der Waals surface area contributed by atoms with Gasteiger partial charge in [0, 0.05) is 45.1 Å². The number of nitrogens with one attached hydrogen (secondary N) is 1. The largest absolute Gasteiger partial charge is 0.493 e. The minimum absolute atomic E-state index is 0.0568. The first-order valence-corrected chi connectivity index (χ1v) is 9.12. The number of hydrogen-bond donors (Lipinski definition) is 1. The fourth-order valence-electron chi connectivity index (χ4n) is 3.59. The zero-order valence-electron chi connectivity index (χ0n) is 15.6. The summed E-state index contributed by atoms with van der Waals surface area (Å²) in [6.45, 7) is 2.52. The number of rotatable bonds is 5. The van der Waals surface area contributed by atoms with E-state index in [0.29, 0.717) is 29.6 Å². The Kier molecular flexibility index (Phi) is 4.89. The molecule has 1 aromatic carbocycles. The third kappa shape index (κ3) is 3.57. The highest BCUT2D eigenvalue weighted by molar-refractivity contribution is 5.55. The van der Waals surface area contributed by atoms with Gasteiger partial charge < -0.3 is 29.0 Å². The van der Waals surface area contributed by atoms with E-state index in [4.69, 9.17) is 14.2 Å². The van der Waals surface area contributed by atoms with Crippen LogP contribution in [0.3, 0.4) is 0 Å². The molecule has 8 nitrogen and oxygen atoms in total. The fourth-order valence-corrected chi connectivity index (χ4v) is 3.59. The molecule has 0 aliphatic carbocycles. The number of benzene rings is 1. The molecule has 3 heterocycles. The molecule has 144 valence electrons. The van der Waals surface area contributed by atoms with Crippen LogP contribution in [0.25, 0.3) is 0 Å². The van der Waals surface area contributed by atoms with Crippen LogP contribution in [0.5, 0.6) is 17.2 Å². The van der Waals surface area contributed by atoms with Gasteiger partial charge in [-0.3, -0.25) is 4.79 Å². The van der Waals surface area contributed by atoms with Crippen LogP contribution in [-0.2, 0) is 13.6 Å². The second kappa shape index (κ2) is 7.48. The minimum Gasteiger partial charge on any atom is -0.493 e. The van der Waals surface area contributed by atoms with E-state index in [-0.39, 0.29) is 18.4 Å². The van der Waals surface area contributed by atoms with Crippen molar-refractivity contribution in [3.05, 3.63) is 40.4 Å². The van der Waals surface area contributed by atoms with Gasteiger partial charge >= 0.3 is 0 Å². The van der Waals surface area contributed by atoms with Crippen molar-refractivity contribution >= 4 is 5.82 Å². The van der Waals surface area contributed by atoms with Crippen molar-refractivity contribution in [2.24, 2.45) is 7.05 Å². The number of methoxy groups -OCH3 is 1. The standard InChI is InChI=1S/C19H24N4O4/c1-22-7-5-20-18(19(22)24)23-6-3-4-14(11-23)21-10-13-8-15(25-2)17-16(9-13)26-12-27-17/h5,7-9,14,21H,3-4,6,10-12H2,1-2H3/t14-/m0/s1. The molecule has 0 spiro atoms. The van der Waals surface area contributed by atoms with Crippen LogP contribution < -0.4 is 30.0 Å². The van der Waals surface area contributed by atoms with Gasteiger partial charge in [0.15, 0.2) is 17.3 Å². The normalized spacial score (nSPS) is 18.6. The highest BCUT2D eigenvalue weighted by Crippen LogP contribution is 2.41. The molecule has 0 radical (unpaired) electrons. The van der Waals surface area contributed by atoms with Gasteiger partial charge in [0.2, 0.25) is 12.5 Å².